The van der Waals surface area contributed by atoms with E-state index in [0.717, 1.165) is 19.3 Å². The lowest BCUT2D eigenvalue weighted by Crippen LogP contribution is -2.51. The number of aliphatic carboxylic acids is 1. The SMILES string of the molecule is CC(C(=O)O)N1CCCCCC(N)C1=O. The number of carboxylic acids is 1. The Labute approximate surface area is 89.2 Å². The lowest BCUT2D eigenvalue weighted by molar-refractivity contribution is -0.150. The van der Waals surface area contributed by atoms with E-state index in [1.807, 2.05) is 0 Å². The molecular formula is C10H18N2O3. The molecule has 1 aliphatic heterocycles. The highest BCUT2D eigenvalue weighted by molar-refractivity contribution is 5.86. The maximum Gasteiger partial charge on any atom is 0.326 e. The fraction of sp³-hybridized carbons (Fsp3) is 0.800. The summed E-state index contributed by atoms with van der Waals surface area (Å²) in [5.74, 6) is -1.21. The maximum absolute atomic E-state index is 11.8. The van der Waals surface area contributed by atoms with E-state index < -0.39 is 18.1 Å². The van der Waals surface area contributed by atoms with Crippen LogP contribution in [0.5, 0.6) is 0 Å². The molecule has 0 bridgehead atoms. The van der Waals surface area contributed by atoms with Crippen LogP contribution in [-0.4, -0.2) is 40.5 Å². The normalized spacial score (nSPS) is 25.6. The lowest BCUT2D eigenvalue weighted by Gasteiger charge is -2.30. The summed E-state index contributed by atoms with van der Waals surface area (Å²) in [6, 6.07) is -1.31. The van der Waals surface area contributed by atoms with Gasteiger partial charge in [-0.1, -0.05) is 12.8 Å². The van der Waals surface area contributed by atoms with Crippen molar-refractivity contribution in [1.29, 1.82) is 0 Å². The van der Waals surface area contributed by atoms with Gasteiger partial charge in [0.05, 0.1) is 6.04 Å². The number of likely N-dealkylation sites (tertiary alicyclic amines) is 1. The molecule has 1 amide bonds. The highest BCUT2D eigenvalue weighted by Crippen LogP contribution is 2.13. The van der Waals surface area contributed by atoms with E-state index in [0.29, 0.717) is 13.0 Å². The summed E-state index contributed by atoms with van der Waals surface area (Å²) in [5.41, 5.74) is 5.69. The van der Waals surface area contributed by atoms with Crippen molar-refractivity contribution >= 4 is 11.9 Å². The standard InChI is InChI=1S/C10H18N2O3/c1-7(10(14)15)12-6-4-2-3-5-8(11)9(12)13/h7-8H,2-6,11H2,1H3,(H,14,15). The van der Waals surface area contributed by atoms with E-state index in [1.165, 1.54) is 11.8 Å². The Hall–Kier alpha value is -1.10. The number of rotatable bonds is 2. The van der Waals surface area contributed by atoms with Gasteiger partial charge in [-0.05, 0) is 19.8 Å². The van der Waals surface area contributed by atoms with Crippen LogP contribution >= 0.6 is 0 Å². The first-order valence-corrected chi connectivity index (χ1v) is 5.33. The van der Waals surface area contributed by atoms with Crippen LogP contribution in [0.4, 0.5) is 0 Å². The smallest absolute Gasteiger partial charge is 0.326 e. The largest absolute Gasteiger partial charge is 0.480 e. The number of nitrogens with two attached hydrogens (primary N) is 1. The number of carbonyl (C=O) groups excluding carboxylic acids is 1. The zero-order valence-corrected chi connectivity index (χ0v) is 8.98. The average Bonchev–Trinajstić information content (AvgIpc) is 2.19. The van der Waals surface area contributed by atoms with Crippen LogP contribution in [0.25, 0.3) is 0 Å². The molecule has 0 aromatic carbocycles. The van der Waals surface area contributed by atoms with Crippen molar-refractivity contribution in [3.63, 3.8) is 0 Å². The predicted molar refractivity (Wildman–Crippen MR) is 55.3 cm³/mol. The molecule has 1 saturated heterocycles. The van der Waals surface area contributed by atoms with Gasteiger partial charge in [-0.25, -0.2) is 4.79 Å². The monoisotopic (exact) mass is 214 g/mol. The summed E-state index contributed by atoms with van der Waals surface area (Å²) in [6.07, 6.45) is 3.46. The summed E-state index contributed by atoms with van der Waals surface area (Å²) in [7, 11) is 0. The first kappa shape index (κ1) is 12.0. The molecule has 0 aromatic heterocycles. The second-order valence-electron chi connectivity index (χ2n) is 4.00. The molecule has 86 valence electrons. The molecule has 2 atom stereocenters. The Morgan fingerprint density at radius 2 is 2.20 bits per heavy atom. The minimum atomic E-state index is -0.976. The molecule has 2 unspecified atom stereocenters. The Morgan fingerprint density at radius 3 is 2.80 bits per heavy atom. The quantitative estimate of drug-likeness (QED) is 0.687. The van der Waals surface area contributed by atoms with E-state index >= 15 is 0 Å². The zero-order valence-electron chi connectivity index (χ0n) is 8.98. The molecule has 1 heterocycles. The molecule has 1 rings (SSSR count). The van der Waals surface area contributed by atoms with Gasteiger partial charge in [0.2, 0.25) is 5.91 Å². The van der Waals surface area contributed by atoms with Gasteiger partial charge in [-0.15, -0.1) is 0 Å². The number of hydrogen-bond acceptors (Lipinski definition) is 3. The lowest BCUT2D eigenvalue weighted by atomic mass is 10.0. The van der Waals surface area contributed by atoms with E-state index in [1.54, 1.807) is 0 Å². The van der Waals surface area contributed by atoms with Crippen LogP contribution in [0.2, 0.25) is 0 Å². The molecule has 0 saturated carbocycles. The number of nitrogens with zero attached hydrogens (tertiary/aromatic N) is 1. The first-order valence-electron chi connectivity index (χ1n) is 5.33. The molecule has 0 aliphatic carbocycles. The maximum atomic E-state index is 11.8. The van der Waals surface area contributed by atoms with Gasteiger partial charge in [-0.2, -0.15) is 0 Å². The van der Waals surface area contributed by atoms with Gasteiger partial charge in [0.1, 0.15) is 6.04 Å². The van der Waals surface area contributed by atoms with Gasteiger partial charge >= 0.3 is 5.97 Å². The Morgan fingerprint density at radius 1 is 1.53 bits per heavy atom. The number of amides is 1. The highest BCUT2D eigenvalue weighted by Gasteiger charge is 2.29. The molecule has 15 heavy (non-hydrogen) atoms. The molecule has 5 nitrogen and oxygen atoms in total. The van der Waals surface area contributed by atoms with Crippen LogP contribution in [-0.2, 0) is 9.59 Å². The van der Waals surface area contributed by atoms with Crippen LogP contribution in [0, 0.1) is 0 Å². The summed E-state index contributed by atoms with van der Waals surface area (Å²) in [6.45, 7) is 2.02. The minimum Gasteiger partial charge on any atom is -0.480 e. The second kappa shape index (κ2) is 5.11. The Balaban J connectivity index is 2.73. The highest BCUT2D eigenvalue weighted by atomic mass is 16.4. The third-order valence-corrected chi connectivity index (χ3v) is 2.84. The molecule has 0 aromatic rings. The predicted octanol–water partition coefficient (Wildman–Crippen LogP) is 0.189. The van der Waals surface area contributed by atoms with Gasteiger partial charge in [0, 0.05) is 6.54 Å². The number of carbonyl (C=O) groups is 2. The van der Waals surface area contributed by atoms with Crippen LogP contribution < -0.4 is 5.73 Å². The fourth-order valence-electron chi connectivity index (χ4n) is 1.79. The fourth-order valence-corrected chi connectivity index (χ4v) is 1.79. The summed E-state index contributed by atoms with van der Waals surface area (Å²) in [5, 5.41) is 8.87. The molecule has 3 N–H and O–H groups in total. The molecule has 0 spiro atoms. The van der Waals surface area contributed by atoms with E-state index in [9.17, 15) is 9.59 Å². The van der Waals surface area contributed by atoms with Crippen LogP contribution in [0.1, 0.15) is 32.6 Å². The van der Waals surface area contributed by atoms with E-state index in [4.69, 9.17) is 10.8 Å². The third kappa shape index (κ3) is 2.92. The average molecular weight is 214 g/mol. The van der Waals surface area contributed by atoms with Crippen molar-refractivity contribution in [2.45, 2.75) is 44.7 Å². The number of carboxylic acid groups (broad SMARTS) is 1. The summed E-state index contributed by atoms with van der Waals surface area (Å²) >= 11 is 0. The van der Waals surface area contributed by atoms with E-state index in [-0.39, 0.29) is 5.91 Å². The second-order valence-corrected chi connectivity index (χ2v) is 4.00. The molecular weight excluding hydrogens is 196 g/mol. The van der Waals surface area contributed by atoms with Gasteiger partial charge in [0.25, 0.3) is 0 Å². The Bertz CT molecular complexity index is 255. The van der Waals surface area contributed by atoms with Crippen molar-refractivity contribution in [2.24, 2.45) is 5.73 Å². The summed E-state index contributed by atoms with van der Waals surface area (Å²) < 4.78 is 0. The van der Waals surface area contributed by atoms with Crippen molar-refractivity contribution in [2.75, 3.05) is 6.54 Å². The van der Waals surface area contributed by atoms with Gasteiger partial charge in [-0.3, -0.25) is 4.79 Å². The van der Waals surface area contributed by atoms with Crippen LogP contribution in [0.3, 0.4) is 0 Å². The van der Waals surface area contributed by atoms with Crippen LogP contribution in [0.15, 0.2) is 0 Å². The topological polar surface area (TPSA) is 83.6 Å². The van der Waals surface area contributed by atoms with Crippen molar-refractivity contribution in [3.8, 4) is 0 Å². The first-order chi connectivity index (χ1) is 7.04. The Kier molecular flexibility index (Phi) is 4.08. The third-order valence-electron chi connectivity index (χ3n) is 2.84. The molecule has 1 fully saturated rings. The van der Waals surface area contributed by atoms with Crippen molar-refractivity contribution in [3.05, 3.63) is 0 Å². The van der Waals surface area contributed by atoms with Crippen molar-refractivity contribution < 1.29 is 14.7 Å². The van der Waals surface area contributed by atoms with E-state index in [2.05, 4.69) is 0 Å². The number of hydrogen-bond donors (Lipinski definition) is 2. The zero-order chi connectivity index (χ0) is 11.4. The van der Waals surface area contributed by atoms with Gasteiger partial charge < -0.3 is 15.7 Å². The molecule has 1 aliphatic rings. The molecule has 0 radical (unpaired) electrons. The van der Waals surface area contributed by atoms with Gasteiger partial charge in [0.15, 0.2) is 0 Å². The minimum absolute atomic E-state index is 0.232. The molecule has 5 heteroatoms. The summed E-state index contributed by atoms with van der Waals surface area (Å²) in [4.78, 5) is 24.0. The van der Waals surface area contributed by atoms with Crippen molar-refractivity contribution in [1.82, 2.24) is 4.90 Å².